The van der Waals surface area contributed by atoms with Crippen LogP contribution >= 0.6 is 11.6 Å². The summed E-state index contributed by atoms with van der Waals surface area (Å²) in [5.74, 6) is -0.121. The van der Waals surface area contributed by atoms with E-state index in [-0.39, 0.29) is 18.6 Å². The van der Waals surface area contributed by atoms with Crippen LogP contribution in [0.4, 0.5) is 11.4 Å². The van der Waals surface area contributed by atoms with E-state index in [9.17, 15) is 29.0 Å². The van der Waals surface area contributed by atoms with E-state index in [0.717, 1.165) is 12.1 Å². The van der Waals surface area contributed by atoms with Crippen molar-refractivity contribution in [1.29, 1.82) is 0 Å². The summed E-state index contributed by atoms with van der Waals surface area (Å²) in [6, 6.07) is 2.23. The third kappa shape index (κ3) is 4.23. The summed E-state index contributed by atoms with van der Waals surface area (Å²) in [5.41, 5.74) is -0.823. The van der Waals surface area contributed by atoms with E-state index in [1.54, 1.807) is 0 Å². The van der Waals surface area contributed by atoms with Crippen molar-refractivity contribution in [3.05, 3.63) is 42.9 Å². The second-order valence-electron chi connectivity index (χ2n) is 3.57. The summed E-state index contributed by atoms with van der Waals surface area (Å²) in [5, 5.41) is 20.9. The molecule has 0 amide bonds. The first kappa shape index (κ1) is 15.5. The van der Waals surface area contributed by atoms with Crippen molar-refractivity contribution >= 4 is 34.1 Å². The molecule has 0 radical (unpaired) electrons. The minimum absolute atomic E-state index is 0.121. The second-order valence-corrected chi connectivity index (χ2v) is 4.97. The van der Waals surface area contributed by atoms with Gasteiger partial charge in [0.15, 0.2) is 5.02 Å². The zero-order chi connectivity index (χ0) is 14.6. The Morgan fingerprint density at radius 2 is 1.63 bits per heavy atom. The maximum atomic E-state index is 10.7. The molecule has 0 spiro atoms. The van der Waals surface area contributed by atoms with Crippen molar-refractivity contribution in [1.82, 2.24) is 0 Å². The highest BCUT2D eigenvalue weighted by atomic mass is 35.5. The van der Waals surface area contributed by atoms with Crippen molar-refractivity contribution in [2.45, 2.75) is 12.8 Å². The molecule has 0 aromatic heterocycles. The molecule has 10 heteroatoms. The molecule has 0 bridgehead atoms. The molecule has 0 aliphatic rings. The molecule has 0 saturated heterocycles. The maximum absolute atomic E-state index is 10.7. The van der Waals surface area contributed by atoms with Crippen LogP contribution < -0.4 is 0 Å². The van der Waals surface area contributed by atoms with Crippen LogP contribution in [0, 0.1) is 20.2 Å². The lowest BCUT2D eigenvalue weighted by Crippen LogP contribution is -2.00. The van der Waals surface area contributed by atoms with Crippen molar-refractivity contribution in [2.75, 3.05) is 5.75 Å². The molecule has 1 unspecified atom stereocenters. The predicted octanol–water partition coefficient (Wildman–Crippen LogP) is 1.97. The fourth-order valence-corrected chi connectivity index (χ4v) is 2.08. The Balaban J connectivity index is 3.08. The van der Waals surface area contributed by atoms with Gasteiger partial charge in [0.25, 0.3) is 11.4 Å². The zero-order valence-corrected chi connectivity index (χ0v) is 11.0. The van der Waals surface area contributed by atoms with E-state index in [2.05, 4.69) is 0 Å². The normalized spacial score (nSPS) is 12.1. The van der Waals surface area contributed by atoms with Crippen LogP contribution in [0.25, 0.3) is 0 Å². The van der Waals surface area contributed by atoms with Crippen LogP contribution in [-0.4, -0.2) is 24.4 Å². The Hall–Kier alpha value is -1.58. The molecule has 19 heavy (non-hydrogen) atoms. The fourth-order valence-electron chi connectivity index (χ4n) is 1.46. The summed E-state index contributed by atoms with van der Waals surface area (Å²) in [7, 11) is 0. The molecule has 1 rings (SSSR count). The lowest BCUT2D eigenvalue weighted by atomic mass is 10.1. The average Bonchev–Trinajstić information content (AvgIpc) is 2.29. The van der Waals surface area contributed by atoms with E-state index >= 15 is 0 Å². The molecular weight excluding hydrogens is 300 g/mol. The first-order valence-corrected chi connectivity index (χ1v) is 6.62. The van der Waals surface area contributed by atoms with Crippen LogP contribution in [0.2, 0.25) is 5.02 Å². The second kappa shape index (κ2) is 6.55. The highest BCUT2D eigenvalue weighted by Crippen LogP contribution is 2.35. The first-order chi connectivity index (χ1) is 8.82. The summed E-state index contributed by atoms with van der Waals surface area (Å²) in [4.78, 5) is 19.8. The summed E-state index contributed by atoms with van der Waals surface area (Å²) >= 11 is 3.36. The number of nitro groups is 2. The van der Waals surface area contributed by atoms with Crippen molar-refractivity contribution in [3.63, 3.8) is 0 Å². The van der Waals surface area contributed by atoms with Gasteiger partial charge in [-0.2, -0.15) is 0 Å². The van der Waals surface area contributed by atoms with Gasteiger partial charge in [-0.15, -0.1) is 0 Å². The Labute approximate surface area is 115 Å². The van der Waals surface area contributed by atoms with Gasteiger partial charge >= 0.3 is 0 Å². The third-order valence-electron chi connectivity index (χ3n) is 2.26. The number of aryl methyl sites for hydroxylation is 1. The molecule has 0 heterocycles. The number of hydrogen-bond acceptors (Lipinski definition) is 6. The van der Waals surface area contributed by atoms with E-state index in [4.69, 9.17) is 11.6 Å². The molecule has 0 aliphatic carbocycles. The fraction of sp³-hybridized carbons (Fsp3) is 0.333. The molecule has 0 saturated carbocycles. The van der Waals surface area contributed by atoms with Gasteiger partial charge in [-0.1, -0.05) is 22.7 Å². The number of rotatable bonds is 6. The Bertz CT molecular complexity index is 515. The maximum Gasteiger partial charge on any atom is 0.295 e. The SMILES string of the molecule is O=[N+]([O-])c1cc(CCCS(=O)[O-])cc([N+](=O)[O-])c1Cl. The van der Waals surface area contributed by atoms with E-state index in [1.807, 2.05) is 0 Å². The van der Waals surface area contributed by atoms with Gasteiger partial charge in [-0.25, -0.2) is 0 Å². The van der Waals surface area contributed by atoms with E-state index in [0.29, 0.717) is 5.56 Å². The summed E-state index contributed by atoms with van der Waals surface area (Å²) < 4.78 is 20.7. The van der Waals surface area contributed by atoms with Crippen molar-refractivity contribution in [2.24, 2.45) is 0 Å². The lowest BCUT2D eigenvalue weighted by molar-refractivity contribution is -0.394. The zero-order valence-electron chi connectivity index (χ0n) is 9.41. The Morgan fingerprint density at radius 3 is 2.00 bits per heavy atom. The largest absolute Gasteiger partial charge is 0.772 e. The molecule has 0 fully saturated rings. The van der Waals surface area contributed by atoms with Gasteiger partial charge < -0.3 is 4.55 Å². The smallest absolute Gasteiger partial charge is 0.295 e. The third-order valence-corrected chi connectivity index (χ3v) is 3.27. The molecule has 1 aromatic carbocycles. The van der Waals surface area contributed by atoms with E-state index < -0.39 is 37.3 Å². The van der Waals surface area contributed by atoms with Crippen molar-refractivity contribution in [3.8, 4) is 0 Å². The van der Waals surface area contributed by atoms with Gasteiger partial charge in [-0.05, 0) is 18.4 Å². The molecule has 104 valence electrons. The topological polar surface area (TPSA) is 126 Å². The summed E-state index contributed by atoms with van der Waals surface area (Å²) in [6.45, 7) is 0. The minimum Gasteiger partial charge on any atom is -0.772 e. The number of halogens is 1. The van der Waals surface area contributed by atoms with E-state index in [1.165, 1.54) is 0 Å². The van der Waals surface area contributed by atoms with Crippen molar-refractivity contribution < 1.29 is 18.6 Å². The number of nitro benzene ring substituents is 2. The molecule has 1 atom stereocenters. The molecular formula is C9H8ClN2O6S-. The standard InChI is InChI=1S/C9H9ClN2O6S/c10-9-7(11(13)14)4-6(2-1-3-19(17)18)5-8(9)12(15)16/h4-5H,1-3H2,(H,17,18)/p-1. The van der Waals surface area contributed by atoms with Gasteiger partial charge in [0.05, 0.1) is 9.85 Å². The van der Waals surface area contributed by atoms with Crippen LogP contribution in [0.15, 0.2) is 12.1 Å². The van der Waals surface area contributed by atoms with Gasteiger partial charge in [-0.3, -0.25) is 24.4 Å². The average molecular weight is 308 g/mol. The van der Waals surface area contributed by atoms with Gasteiger partial charge in [0, 0.05) is 17.9 Å². The Morgan fingerprint density at radius 1 is 1.16 bits per heavy atom. The molecule has 0 aliphatic heterocycles. The first-order valence-electron chi connectivity index (χ1n) is 5.00. The van der Waals surface area contributed by atoms with Crippen LogP contribution in [0.5, 0.6) is 0 Å². The number of nitrogens with zero attached hydrogens (tertiary/aromatic N) is 2. The molecule has 8 nitrogen and oxygen atoms in total. The van der Waals surface area contributed by atoms with Crippen LogP contribution in [0.3, 0.4) is 0 Å². The molecule has 0 N–H and O–H groups in total. The predicted molar refractivity (Wildman–Crippen MR) is 66.9 cm³/mol. The highest BCUT2D eigenvalue weighted by molar-refractivity contribution is 7.79. The lowest BCUT2D eigenvalue weighted by Gasteiger charge is -2.05. The monoisotopic (exact) mass is 307 g/mol. The van der Waals surface area contributed by atoms with Crippen LogP contribution in [-0.2, 0) is 17.5 Å². The molecule has 1 aromatic rings. The quantitative estimate of drug-likeness (QED) is 0.449. The van der Waals surface area contributed by atoms with Crippen LogP contribution in [0.1, 0.15) is 12.0 Å². The Kier molecular flexibility index (Phi) is 5.33. The van der Waals surface area contributed by atoms with Gasteiger partial charge in [0.1, 0.15) is 0 Å². The summed E-state index contributed by atoms with van der Waals surface area (Å²) in [6.07, 6.45) is 0.388. The minimum atomic E-state index is -2.22. The highest BCUT2D eigenvalue weighted by Gasteiger charge is 2.24. The number of hydrogen-bond donors (Lipinski definition) is 0. The number of benzene rings is 1. The van der Waals surface area contributed by atoms with Gasteiger partial charge in [0.2, 0.25) is 0 Å².